The van der Waals surface area contributed by atoms with Gasteiger partial charge < -0.3 is 4.42 Å². The van der Waals surface area contributed by atoms with Crippen LogP contribution in [0.4, 0.5) is 0 Å². The van der Waals surface area contributed by atoms with E-state index < -0.39 is 15.6 Å². The van der Waals surface area contributed by atoms with Crippen LogP contribution in [0.2, 0.25) is 0 Å². The number of hydrogen-bond donors (Lipinski definition) is 0. The number of aldehydes is 1. The van der Waals surface area contributed by atoms with Gasteiger partial charge in [-0.15, -0.1) is 0 Å². The molecule has 0 saturated heterocycles. The zero-order chi connectivity index (χ0) is 17.7. The van der Waals surface area contributed by atoms with Crippen molar-refractivity contribution in [1.29, 1.82) is 0 Å². The van der Waals surface area contributed by atoms with Crippen LogP contribution in [0.5, 0.6) is 0 Å². The number of Topliss-reactive ketones (excluding diaryl/α,β-unsaturated/α-hetero) is 1. The van der Waals surface area contributed by atoms with Gasteiger partial charge >= 0.3 is 0 Å². The maximum absolute atomic E-state index is 12.6. The summed E-state index contributed by atoms with van der Waals surface area (Å²) in [5, 5.41) is 0. The zero-order valence-corrected chi connectivity index (χ0v) is 14.7. The maximum Gasteiger partial charge on any atom is 0.215 e. The van der Waals surface area contributed by atoms with Gasteiger partial charge in [-0.05, 0) is 26.2 Å². The molecule has 0 aliphatic heterocycles. The summed E-state index contributed by atoms with van der Waals surface area (Å²) in [4.78, 5) is 27.8. The first-order valence-electron chi connectivity index (χ1n) is 7.94. The molecule has 2 rings (SSSR count). The topological polar surface area (TPSA) is 94.3 Å². The van der Waals surface area contributed by atoms with Crippen molar-refractivity contribution in [3.05, 3.63) is 40.6 Å². The van der Waals surface area contributed by atoms with Crippen LogP contribution in [0, 0.1) is 6.92 Å². The second kappa shape index (κ2) is 7.70. The van der Waals surface area contributed by atoms with Gasteiger partial charge in [-0.1, -0.05) is 25.5 Å². The highest BCUT2D eigenvalue weighted by Crippen LogP contribution is 2.23. The van der Waals surface area contributed by atoms with Crippen molar-refractivity contribution in [2.24, 2.45) is 0 Å². The Morgan fingerprint density at radius 2 is 2.17 bits per heavy atom. The van der Waals surface area contributed by atoms with Gasteiger partial charge in [-0.25, -0.2) is 13.4 Å². The van der Waals surface area contributed by atoms with Crippen LogP contribution in [-0.2, 0) is 20.4 Å². The molecule has 0 saturated carbocycles. The van der Waals surface area contributed by atoms with Gasteiger partial charge in [0, 0.05) is 11.1 Å². The largest absolute Gasteiger partial charge is 0.444 e. The molecule has 1 aliphatic carbocycles. The summed E-state index contributed by atoms with van der Waals surface area (Å²) >= 11 is 0. The molecular weight excluding hydrogens is 330 g/mol. The van der Waals surface area contributed by atoms with Crippen molar-refractivity contribution in [3.8, 4) is 0 Å². The lowest BCUT2D eigenvalue weighted by Gasteiger charge is -2.09. The van der Waals surface area contributed by atoms with Crippen LogP contribution >= 0.6 is 0 Å². The Labute approximate surface area is 141 Å². The van der Waals surface area contributed by atoms with E-state index in [0.29, 0.717) is 36.7 Å². The molecule has 0 atom stereocenters. The van der Waals surface area contributed by atoms with E-state index in [1.54, 1.807) is 13.0 Å². The van der Waals surface area contributed by atoms with E-state index >= 15 is 0 Å². The molecule has 0 spiro atoms. The Balaban J connectivity index is 2.26. The Kier molecular flexibility index (Phi) is 5.88. The smallest absolute Gasteiger partial charge is 0.215 e. The van der Waals surface area contributed by atoms with E-state index in [2.05, 4.69) is 4.98 Å². The minimum Gasteiger partial charge on any atom is -0.444 e. The normalized spacial score (nSPS) is 14.9. The van der Waals surface area contributed by atoms with Crippen molar-refractivity contribution in [3.63, 3.8) is 0 Å². The van der Waals surface area contributed by atoms with E-state index in [1.165, 1.54) is 0 Å². The third-order valence-corrected chi connectivity index (χ3v) is 5.40. The first-order chi connectivity index (χ1) is 11.4. The fourth-order valence-electron chi connectivity index (χ4n) is 2.50. The summed E-state index contributed by atoms with van der Waals surface area (Å²) in [7, 11) is -3.32. The monoisotopic (exact) mass is 351 g/mol. The number of sulfone groups is 1. The molecule has 1 aromatic heterocycles. The molecule has 0 fully saturated rings. The molecule has 0 bridgehead atoms. The van der Waals surface area contributed by atoms with Gasteiger partial charge in [0.05, 0.1) is 5.75 Å². The third-order valence-electron chi connectivity index (χ3n) is 3.81. The summed E-state index contributed by atoms with van der Waals surface area (Å²) in [5.74, 6) is -0.391. The predicted octanol–water partition coefficient (Wildman–Crippen LogP) is 2.73. The van der Waals surface area contributed by atoms with Crippen molar-refractivity contribution >= 4 is 21.9 Å². The molecule has 0 unspecified atom stereocenters. The second-order valence-corrected chi connectivity index (χ2v) is 7.97. The number of oxazole rings is 1. The van der Waals surface area contributed by atoms with Crippen LogP contribution in [0.25, 0.3) is 0 Å². The number of aryl methyl sites for hydroxylation is 1. The van der Waals surface area contributed by atoms with E-state index in [0.717, 1.165) is 6.42 Å². The summed E-state index contributed by atoms with van der Waals surface area (Å²) < 4.78 is 29.4. The van der Waals surface area contributed by atoms with Gasteiger partial charge in [-0.2, -0.15) is 0 Å². The lowest BCUT2D eigenvalue weighted by Crippen LogP contribution is -2.11. The van der Waals surface area contributed by atoms with Crippen molar-refractivity contribution in [1.82, 2.24) is 4.98 Å². The van der Waals surface area contributed by atoms with Gasteiger partial charge in [0.1, 0.15) is 17.8 Å². The molecule has 0 aromatic carbocycles. The van der Waals surface area contributed by atoms with Crippen LogP contribution < -0.4 is 0 Å². The number of aromatic nitrogens is 1. The molecule has 0 amide bonds. The number of nitrogens with zero attached hydrogens (tertiary/aromatic N) is 1. The fraction of sp³-hybridized carbons (Fsp3) is 0.471. The average molecular weight is 351 g/mol. The molecule has 1 aliphatic rings. The van der Waals surface area contributed by atoms with E-state index in [1.807, 2.05) is 13.0 Å². The van der Waals surface area contributed by atoms with Crippen LogP contribution in [-0.4, -0.2) is 31.2 Å². The highest BCUT2D eigenvalue weighted by atomic mass is 32.2. The lowest BCUT2D eigenvalue weighted by atomic mass is 9.94. The minimum atomic E-state index is -3.32. The van der Waals surface area contributed by atoms with Crippen molar-refractivity contribution < 1.29 is 22.4 Å². The zero-order valence-electron chi connectivity index (χ0n) is 13.9. The first-order valence-corrected chi connectivity index (χ1v) is 9.76. The Morgan fingerprint density at radius 3 is 2.83 bits per heavy atom. The highest BCUT2D eigenvalue weighted by molar-refractivity contribution is 7.90. The molecule has 24 heavy (non-hydrogen) atoms. The summed E-state index contributed by atoms with van der Waals surface area (Å²) in [6.07, 6.45) is 6.70. The SMILES string of the molecule is CCCCS(=O)(=O)Cc1nc(C(=O)C2=C(C=O)CCC=C2)c(C)o1. The van der Waals surface area contributed by atoms with Crippen molar-refractivity contribution in [2.45, 2.75) is 45.3 Å². The van der Waals surface area contributed by atoms with Gasteiger partial charge in [0.15, 0.2) is 15.5 Å². The predicted molar refractivity (Wildman–Crippen MR) is 89.4 cm³/mol. The molecule has 130 valence electrons. The van der Waals surface area contributed by atoms with E-state index in [4.69, 9.17) is 4.42 Å². The quantitative estimate of drug-likeness (QED) is 0.528. The number of ketones is 1. The summed E-state index contributed by atoms with van der Waals surface area (Å²) in [5.41, 5.74) is 0.798. The minimum absolute atomic E-state index is 0.0139. The highest BCUT2D eigenvalue weighted by Gasteiger charge is 2.25. The first kappa shape index (κ1) is 18.3. The molecule has 6 nitrogen and oxygen atoms in total. The summed E-state index contributed by atoms with van der Waals surface area (Å²) in [6.45, 7) is 3.48. The number of allylic oxidation sites excluding steroid dienone is 4. The Bertz CT molecular complexity index is 799. The molecule has 0 N–H and O–H groups in total. The number of rotatable bonds is 8. The molecule has 1 heterocycles. The van der Waals surface area contributed by atoms with Crippen molar-refractivity contribution in [2.75, 3.05) is 5.75 Å². The van der Waals surface area contributed by atoms with Crippen LogP contribution in [0.1, 0.15) is 54.7 Å². The number of hydrogen-bond acceptors (Lipinski definition) is 6. The summed E-state index contributed by atoms with van der Waals surface area (Å²) in [6, 6.07) is 0. The van der Waals surface area contributed by atoms with Gasteiger partial charge in [-0.3, -0.25) is 9.59 Å². The van der Waals surface area contributed by atoms with E-state index in [9.17, 15) is 18.0 Å². The van der Waals surface area contributed by atoms with Crippen LogP contribution in [0.3, 0.4) is 0 Å². The lowest BCUT2D eigenvalue weighted by molar-refractivity contribution is -0.105. The third kappa shape index (κ3) is 4.29. The average Bonchev–Trinajstić information content (AvgIpc) is 2.91. The molecule has 0 radical (unpaired) electrons. The molecular formula is C17H21NO5S. The molecule has 1 aromatic rings. The standard InChI is InChI=1S/C17H21NO5S/c1-3-4-9-24(21,22)11-15-18-16(12(2)23-15)17(20)14-8-6-5-7-13(14)10-19/h6,8,10H,3-5,7,9,11H2,1-2H3. The molecule has 7 heteroatoms. The second-order valence-electron chi connectivity index (χ2n) is 5.78. The fourth-order valence-corrected chi connectivity index (χ4v) is 3.87. The van der Waals surface area contributed by atoms with Crippen LogP contribution in [0.15, 0.2) is 27.7 Å². The Morgan fingerprint density at radius 1 is 1.42 bits per heavy atom. The maximum atomic E-state index is 12.6. The van der Waals surface area contributed by atoms with Gasteiger partial charge in [0.25, 0.3) is 0 Å². The number of carbonyl (C=O) groups excluding carboxylic acids is 2. The number of unbranched alkanes of at least 4 members (excludes halogenated alkanes) is 1. The van der Waals surface area contributed by atoms with E-state index in [-0.39, 0.29) is 28.9 Å². The Hall–Kier alpha value is -2.02. The van der Waals surface area contributed by atoms with Gasteiger partial charge in [0.2, 0.25) is 11.7 Å². The number of carbonyl (C=O) groups is 2.